The summed E-state index contributed by atoms with van der Waals surface area (Å²) >= 11 is 0. The van der Waals surface area contributed by atoms with Crippen molar-refractivity contribution in [2.45, 2.75) is 24.4 Å². The highest BCUT2D eigenvalue weighted by Crippen LogP contribution is 2.16. The number of nitrogens with one attached hydrogen (secondary N) is 2. The summed E-state index contributed by atoms with van der Waals surface area (Å²) in [5.74, 6) is -1.41. The molecule has 3 rings (SSSR count). The van der Waals surface area contributed by atoms with E-state index in [1.54, 1.807) is 6.07 Å². The lowest BCUT2D eigenvalue weighted by atomic mass is 10.1. The maximum Gasteiger partial charge on any atom is 0.244 e. The molecule has 0 aromatic heterocycles. The number of hydrogen-bond donors (Lipinski definition) is 2. The number of halogens is 1. The molecule has 0 spiro atoms. The monoisotopic (exact) mass is 421 g/mol. The standard InChI is InChI=1S/C20H24FN3O4S/c1-15(23-29(26,27)19-8-3-2-7-18(19)21)20(25)22-17-6-4-5-16(13-17)14-24-9-11-28-12-10-24/h2-8,13,15,23H,9-12,14H2,1H3,(H,22,25)/t15-/m0/s1. The van der Waals surface area contributed by atoms with Gasteiger partial charge in [0.2, 0.25) is 15.9 Å². The van der Waals surface area contributed by atoms with Crippen LogP contribution in [-0.2, 0) is 26.1 Å². The van der Waals surface area contributed by atoms with Gasteiger partial charge in [0.25, 0.3) is 0 Å². The molecule has 1 atom stereocenters. The molecule has 2 aromatic rings. The van der Waals surface area contributed by atoms with Crippen molar-refractivity contribution in [1.82, 2.24) is 9.62 Å². The predicted octanol–water partition coefficient (Wildman–Crippen LogP) is 1.96. The van der Waals surface area contributed by atoms with E-state index >= 15 is 0 Å². The van der Waals surface area contributed by atoms with E-state index in [2.05, 4.69) is 14.9 Å². The number of carbonyl (C=O) groups excluding carboxylic acids is 1. The first kappa shape index (κ1) is 21.4. The number of ether oxygens (including phenoxy) is 1. The summed E-state index contributed by atoms with van der Waals surface area (Å²) in [6, 6.07) is 11.3. The van der Waals surface area contributed by atoms with Gasteiger partial charge in [-0.1, -0.05) is 24.3 Å². The van der Waals surface area contributed by atoms with Crippen LogP contribution in [0.5, 0.6) is 0 Å². The van der Waals surface area contributed by atoms with Gasteiger partial charge in [-0.25, -0.2) is 12.8 Å². The lowest BCUT2D eigenvalue weighted by Crippen LogP contribution is -2.41. The number of amides is 1. The van der Waals surface area contributed by atoms with Crippen molar-refractivity contribution >= 4 is 21.6 Å². The van der Waals surface area contributed by atoms with Crippen molar-refractivity contribution in [2.24, 2.45) is 0 Å². The number of benzene rings is 2. The molecular formula is C20H24FN3O4S. The van der Waals surface area contributed by atoms with Gasteiger partial charge in [-0.15, -0.1) is 0 Å². The Balaban J connectivity index is 1.62. The van der Waals surface area contributed by atoms with Crippen molar-refractivity contribution in [3.05, 3.63) is 59.9 Å². The summed E-state index contributed by atoms with van der Waals surface area (Å²) in [4.78, 5) is 14.2. The van der Waals surface area contributed by atoms with Gasteiger partial charge in [-0.2, -0.15) is 4.72 Å². The van der Waals surface area contributed by atoms with E-state index < -0.39 is 32.7 Å². The number of morpholine rings is 1. The Bertz CT molecular complexity index is 962. The molecule has 7 nitrogen and oxygen atoms in total. The van der Waals surface area contributed by atoms with E-state index in [0.29, 0.717) is 18.9 Å². The Hall–Kier alpha value is -2.33. The predicted molar refractivity (Wildman–Crippen MR) is 107 cm³/mol. The molecule has 0 unspecified atom stereocenters. The van der Waals surface area contributed by atoms with E-state index in [4.69, 9.17) is 4.74 Å². The summed E-state index contributed by atoms with van der Waals surface area (Å²) < 4.78 is 46.0. The van der Waals surface area contributed by atoms with Gasteiger partial charge in [-0.05, 0) is 36.8 Å². The smallest absolute Gasteiger partial charge is 0.244 e. The van der Waals surface area contributed by atoms with Gasteiger partial charge in [0.05, 0.1) is 19.3 Å². The maximum atomic E-state index is 13.8. The highest BCUT2D eigenvalue weighted by molar-refractivity contribution is 7.89. The number of carbonyl (C=O) groups is 1. The zero-order valence-electron chi connectivity index (χ0n) is 16.1. The lowest BCUT2D eigenvalue weighted by molar-refractivity contribution is -0.117. The topological polar surface area (TPSA) is 87.7 Å². The third-order valence-electron chi connectivity index (χ3n) is 4.56. The Morgan fingerprint density at radius 2 is 1.90 bits per heavy atom. The van der Waals surface area contributed by atoms with Gasteiger partial charge >= 0.3 is 0 Å². The molecule has 1 heterocycles. The van der Waals surface area contributed by atoms with Crippen molar-refractivity contribution in [2.75, 3.05) is 31.6 Å². The average Bonchev–Trinajstić information content (AvgIpc) is 2.69. The van der Waals surface area contributed by atoms with Gasteiger partial charge in [0.15, 0.2) is 0 Å². The maximum absolute atomic E-state index is 13.8. The van der Waals surface area contributed by atoms with Gasteiger partial charge in [0.1, 0.15) is 10.7 Å². The fourth-order valence-electron chi connectivity index (χ4n) is 3.03. The van der Waals surface area contributed by atoms with Crippen LogP contribution < -0.4 is 10.0 Å². The van der Waals surface area contributed by atoms with Crippen LogP contribution in [0.3, 0.4) is 0 Å². The minimum atomic E-state index is -4.16. The highest BCUT2D eigenvalue weighted by Gasteiger charge is 2.24. The molecular weight excluding hydrogens is 397 g/mol. The molecule has 9 heteroatoms. The fraction of sp³-hybridized carbons (Fsp3) is 0.350. The number of hydrogen-bond acceptors (Lipinski definition) is 5. The Kier molecular flexibility index (Phi) is 6.96. The van der Waals surface area contributed by atoms with Crippen LogP contribution in [0.15, 0.2) is 53.4 Å². The second-order valence-electron chi connectivity index (χ2n) is 6.85. The second-order valence-corrected chi connectivity index (χ2v) is 8.53. The molecule has 1 aliphatic rings. The summed E-state index contributed by atoms with van der Waals surface area (Å²) in [5.41, 5.74) is 1.60. The minimum absolute atomic E-state index is 0.493. The van der Waals surface area contributed by atoms with E-state index in [0.717, 1.165) is 37.3 Å². The zero-order chi connectivity index (χ0) is 20.9. The van der Waals surface area contributed by atoms with Crippen LogP contribution in [0.1, 0.15) is 12.5 Å². The van der Waals surface area contributed by atoms with Crippen LogP contribution in [0, 0.1) is 5.82 Å². The quantitative estimate of drug-likeness (QED) is 0.714. The van der Waals surface area contributed by atoms with Crippen molar-refractivity contribution < 1.29 is 22.3 Å². The fourth-order valence-corrected chi connectivity index (χ4v) is 4.31. The van der Waals surface area contributed by atoms with Crippen molar-refractivity contribution in [1.29, 1.82) is 0 Å². The molecule has 1 aliphatic heterocycles. The van der Waals surface area contributed by atoms with Crippen molar-refractivity contribution in [3.63, 3.8) is 0 Å². The van der Waals surface area contributed by atoms with E-state index in [-0.39, 0.29) is 0 Å². The summed E-state index contributed by atoms with van der Waals surface area (Å²) in [6.45, 7) is 5.26. The Labute approximate surface area is 169 Å². The molecule has 1 saturated heterocycles. The zero-order valence-corrected chi connectivity index (χ0v) is 16.9. The van der Waals surface area contributed by atoms with Crippen LogP contribution in [0.25, 0.3) is 0 Å². The Morgan fingerprint density at radius 3 is 2.62 bits per heavy atom. The molecule has 0 bridgehead atoms. The highest BCUT2D eigenvalue weighted by atomic mass is 32.2. The normalized spacial score (nSPS) is 16.3. The molecule has 0 saturated carbocycles. The molecule has 1 amide bonds. The molecule has 29 heavy (non-hydrogen) atoms. The summed E-state index contributed by atoms with van der Waals surface area (Å²) in [7, 11) is -4.16. The minimum Gasteiger partial charge on any atom is -0.379 e. The third kappa shape index (κ3) is 5.83. The Morgan fingerprint density at radius 1 is 1.17 bits per heavy atom. The molecule has 2 aromatic carbocycles. The first-order valence-electron chi connectivity index (χ1n) is 9.32. The number of sulfonamides is 1. The summed E-state index contributed by atoms with van der Waals surface area (Å²) in [5, 5.41) is 2.71. The number of nitrogens with zero attached hydrogens (tertiary/aromatic N) is 1. The SMILES string of the molecule is C[C@H](NS(=O)(=O)c1ccccc1F)C(=O)Nc1cccc(CN2CCOCC2)c1. The first-order valence-corrected chi connectivity index (χ1v) is 10.8. The average molecular weight is 421 g/mol. The largest absolute Gasteiger partial charge is 0.379 e. The van der Waals surface area contributed by atoms with E-state index in [1.165, 1.54) is 19.1 Å². The van der Waals surface area contributed by atoms with E-state index in [9.17, 15) is 17.6 Å². The van der Waals surface area contributed by atoms with Gasteiger partial charge in [-0.3, -0.25) is 9.69 Å². The lowest BCUT2D eigenvalue weighted by Gasteiger charge is -2.26. The second kappa shape index (κ2) is 9.45. The summed E-state index contributed by atoms with van der Waals surface area (Å²) in [6.07, 6.45) is 0. The van der Waals surface area contributed by atoms with E-state index in [1.807, 2.05) is 18.2 Å². The number of rotatable bonds is 7. The van der Waals surface area contributed by atoms with Gasteiger partial charge < -0.3 is 10.1 Å². The molecule has 2 N–H and O–H groups in total. The molecule has 156 valence electrons. The van der Waals surface area contributed by atoms with Crippen LogP contribution in [-0.4, -0.2) is 51.6 Å². The molecule has 0 radical (unpaired) electrons. The van der Waals surface area contributed by atoms with Gasteiger partial charge in [0, 0.05) is 25.3 Å². The van der Waals surface area contributed by atoms with Crippen LogP contribution >= 0.6 is 0 Å². The van der Waals surface area contributed by atoms with Crippen LogP contribution in [0.4, 0.5) is 10.1 Å². The molecule has 1 fully saturated rings. The third-order valence-corrected chi connectivity index (χ3v) is 6.13. The van der Waals surface area contributed by atoms with Crippen LogP contribution in [0.2, 0.25) is 0 Å². The number of anilines is 1. The first-order chi connectivity index (χ1) is 13.8. The molecule has 0 aliphatic carbocycles. The van der Waals surface area contributed by atoms with Crippen molar-refractivity contribution in [3.8, 4) is 0 Å².